The van der Waals surface area contributed by atoms with Gasteiger partial charge in [-0.1, -0.05) is 59.6 Å². The van der Waals surface area contributed by atoms with Gasteiger partial charge in [0, 0.05) is 35.4 Å². The van der Waals surface area contributed by atoms with Gasteiger partial charge in [0.2, 0.25) is 0 Å². The second-order valence-corrected chi connectivity index (χ2v) is 15.9. The fourth-order valence-corrected chi connectivity index (χ4v) is 8.17. The topological polar surface area (TPSA) is 82.6 Å². The summed E-state index contributed by atoms with van der Waals surface area (Å²) < 4.78 is 25.4. The number of piperidine rings is 1. The lowest BCUT2D eigenvalue weighted by atomic mass is 9.93. The Bertz CT molecular complexity index is 1900. The van der Waals surface area contributed by atoms with Crippen molar-refractivity contribution in [3.8, 4) is 11.3 Å². The summed E-state index contributed by atoms with van der Waals surface area (Å²) in [6.45, 7) is 4.65. The summed E-state index contributed by atoms with van der Waals surface area (Å²) in [7, 11) is -3.54. The number of pyridine rings is 1. The van der Waals surface area contributed by atoms with Gasteiger partial charge in [-0.25, -0.2) is 13.4 Å². The second kappa shape index (κ2) is 12.5. The number of nitrogens with zero attached hydrogens (tertiary/aromatic N) is 3. The van der Waals surface area contributed by atoms with Crippen molar-refractivity contribution in [2.45, 2.75) is 61.5 Å². The Morgan fingerprint density at radius 3 is 2.30 bits per heavy atom. The minimum Gasteiger partial charge on any atom is -0.342 e. The first kappa shape index (κ1) is 31.6. The van der Waals surface area contributed by atoms with E-state index in [-0.39, 0.29) is 10.8 Å². The minimum absolute atomic E-state index is 0.153. The molecule has 2 aliphatic heterocycles. The zero-order chi connectivity index (χ0) is 32.1. The summed E-state index contributed by atoms with van der Waals surface area (Å²) in [6, 6.07) is 20.9. The molecular weight excluding hydrogens is 639 g/mol. The number of hydrogen-bond donors (Lipinski definition) is 1. The maximum Gasteiger partial charge on any atom is 0.253 e. The van der Waals surface area contributed by atoms with Crippen LogP contribution in [-0.2, 0) is 21.9 Å². The van der Waals surface area contributed by atoms with Crippen molar-refractivity contribution in [3.63, 3.8) is 0 Å². The molecule has 3 aromatic carbocycles. The number of fused-ring (bicyclic) bond motifs is 1. The van der Waals surface area contributed by atoms with Crippen molar-refractivity contribution in [3.05, 3.63) is 93.5 Å². The molecule has 2 saturated heterocycles. The van der Waals surface area contributed by atoms with Crippen LogP contribution in [0.15, 0.2) is 71.6 Å². The molecule has 0 spiro atoms. The van der Waals surface area contributed by atoms with Crippen LogP contribution in [-0.4, -0.2) is 67.6 Å². The number of carbonyl (C=O) groups excluding carboxylic acids is 1. The van der Waals surface area contributed by atoms with Gasteiger partial charge in [0.05, 0.1) is 37.3 Å². The van der Waals surface area contributed by atoms with Crippen LogP contribution in [0.5, 0.6) is 0 Å². The molecular formula is C36H38Cl2N4O3S. The number of amides is 1. The number of rotatable bonds is 8. The molecule has 0 bridgehead atoms. The standard InChI is InChI=1S/C36H38Cl2N4O3S/c1-46(44,45)27-10-12-32-28(22-27)33(35(43)40-36(15-16-36)25-7-3-2-4-8-25)29(34(39-32)24-9-11-30(37)31(38)21-24)23-41-19-13-26(14-20-41)42-17-5-6-18-42/h2-4,7-12,21-22,26H,5-6,13-20,23H2,1H3,(H,40,43). The summed E-state index contributed by atoms with van der Waals surface area (Å²) in [5.41, 5.74) is 3.77. The van der Waals surface area contributed by atoms with Crippen molar-refractivity contribution in [1.29, 1.82) is 0 Å². The summed E-state index contributed by atoms with van der Waals surface area (Å²) in [6.07, 6.45) is 7.53. The quantitative estimate of drug-likeness (QED) is 0.215. The van der Waals surface area contributed by atoms with Crippen molar-refractivity contribution in [2.24, 2.45) is 0 Å². The second-order valence-electron chi connectivity index (χ2n) is 13.0. The monoisotopic (exact) mass is 676 g/mol. The molecule has 4 aromatic rings. The molecule has 1 N–H and O–H groups in total. The van der Waals surface area contributed by atoms with Crippen molar-refractivity contribution < 1.29 is 13.2 Å². The molecule has 3 heterocycles. The predicted octanol–water partition coefficient (Wildman–Crippen LogP) is 7.09. The fourth-order valence-electron chi connectivity index (χ4n) is 7.23. The Hall–Kier alpha value is -3.01. The minimum atomic E-state index is -3.54. The van der Waals surface area contributed by atoms with Gasteiger partial charge in [-0.15, -0.1) is 0 Å². The first-order valence-electron chi connectivity index (χ1n) is 16.1. The molecule has 3 aliphatic rings. The van der Waals surface area contributed by atoms with Gasteiger partial charge < -0.3 is 10.2 Å². The molecule has 0 unspecified atom stereocenters. The highest BCUT2D eigenvalue weighted by Crippen LogP contribution is 2.46. The largest absolute Gasteiger partial charge is 0.342 e. The van der Waals surface area contributed by atoms with Crippen LogP contribution in [0.2, 0.25) is 10.0 Å². The van der Waals surface area contributed by atoms with Gasteiger partial charge in [-0.05, 0) is 101 Å². The van der Waals surface area contributed by atoms with Crippen molar-refractivity contribution in [2.75, 3.05) is 32.4 Å². The van der Waals surface area contributed by atoms with Crippen LogP contribution in [0.1, 0.15) is 60.0 Å². The number of likely N-dealkylation sites (tertiary alicyclic amines) is 2. The molecule has 46 heavy (non-hydrogen) atoms. The molecule has 0 radical (unpaired) electrons. The first-order chi connectivity index (χ1) is 22.1. The number of aromatic nitrogens is 1. The number of halogens is 2. The Morgan fingerprint density at radius 1 is 0.935 bits per heavy atom. The van der Waals surface area contributed by atoms with E-state index in [4.69, 9.17) is 28.2 Å². The molecule has 3 fully saturated rings. The molecule has 1 amide bonds. The highest BCUT2D eigenvalue weighted by Gasteiger charge is 2.46. The lowest BCUT2D eigenvalue weighted by Crippen LogP contribution is -2.43. The zero-order valence-electron chi connectivity index (χ0n) is 25.9. The van der Waals surface area contributed by atoms with Gasteiger partial charge in [-0.2, -0.15) is 0 Å². The Kier molecular flexibility index (Phi) is 8.61. The Morgan fingerprint density at radius 2 is 1.65 bits per heavy atom. The number of carbonyl (C=O) groups is 1. The highest BCUT2D eigenvalue weighted by molar-refractivity contribution is 7.90. The number of nitrogens with one attached hydrogen (secondary N) is 1. The fraction of sp³-hybridized carbons (Fsp3) is 0.389. The van der Waals surface area contributed by atoms with Crippen LogP contribution >= 0.6 is 23.2 Å². The van der Waals surface area contributed by atoms with E-state index in [1.54, 1.807) is 30.3 Å². The van der Waals surface area contributed by atoms with Crippen LogP contribution in [0, 0.1) is 0 Å². The maximum absolute atomic E-state index is 14.7. The summed E-state index contributed by atoms with van der Waals surface area (Å²) in [4.78, 5) is 24.9. The van der Waals surface area contributed by atoms with Crippen LogP contribution < -0.4 is 5.32 Å². The molecule has 240 valence electrons. The van der Waals surface area contributed by atoms with E-state index in [0.29, 0.717) is 44.8 Å². The average Bonchev–Trinajstić information content (AvgIpc) is 3.62. The number of benzene rings is 3. The van der Waals surface area contributed by atoms with Crippen LogP contribution in [0.3, 0.4) is 0 Å². The molecule has 1 aromatic heterocycles. The highest BCUT2D eigenvalue weighted by atomic mass is 35.5. The van der Waals surface area contributed by atoms with Gasteiger partial charge in [0.25, 0.3) is 5.91 Å². The first-order valence-corrected chi connectivity index (χ1v) is 18.7. The Labute approximate surface area is 280 Å². The third kappa shape index (κ3) is 6.30. The third-order valence-electron chi connectivity index (χ3n) is 9.93. The van der Waals surface area contributed by atoms with E-state index in [9.17, 15) is 13.2 Å². The third-order valence-corrected chi connectivity index (χ3v) is 11.8. The molecule has 1 aliphatic carbocycles. The average molecular weight is 678 g/mol. The molecule has 1 saturated carbocycles. The van der Waals surface area contributed by atoms with E-state index in [0.717, 1.165) is 55.5 Å². The number of hydrogen-bond acceptors (Lipinski definition) is 6. The SMILES string of the molecule is CS(=O)(=O)c1ccc2nc(-c3ccc(Cl)c(Cl)c3)c(CN3CCC(N4CCCC4)CC3)c(C(=O)NC3(c4ccccc4)CC3)c2c1. The van der Waals surface area contributed by atoms with Gasteiger partial charge in [0.1, 0.15) is 0 Å². The smallest absolute Gasteiger partial charge is 0.253 e. The predicted molar refractivity (Wildman–Crippen MR) is 184 cm³/mol. The van der Waals surface area contributed by atoms with Gasteiger partial charge in [0.15, 0.2) is 9.84 Å². The molecule has 10 heteroatoms. The van der Waals surface area contributed by atoms with Gasteiger partial charge >= 0.3 is 0 Å². The van der Waals surface area contributed by atoms with E-state index in [1.165, 1.54) is 32.2 Å². The van der Waals surface area contributed by atoms with Crippen LogP contribution in [0.4, 0.5) is 0 Å². The maximum atomic E-state index is 14.7. The molecule has 7 rings (SSSR count). The molecule has 0 atom stereocenters. The number of sulfone groups is 1. The van der Waals surface area contributed by atoms with Crippen LogP contribution in [0.25, 0.3) is 22.2 Å². The van der Waals surface area contributed by atoms with Crippen molar-refractivity contribution >= 4 is 49.8 Å². The lowest BCUT2D eigenvalue weighted by Gasteiger charge is -2.37. The van der Waals surface area contributed by atoms with E-state index < -0.39 is 15.4 Å². The molecule has 7 nitrogen and oxygen atoms in total. The summed E-state index contributed by atoms with van der Waals surface area (Å²) in [5.74, 6) is -0.234. The van der Waals surface area contributed by atoms with E-state index in [1.807, 2.05) is 36.4 Å². The van der Waals surface area contributed by atoms with Crippen molar-refractivity contribution in [1.82, 2.24) is 20.1 Å². The summed E-state index contributed by atoms with van der Waals surface area (Å²) in [5, 5.41) is 4.74. The van der Waals surface area contributed by atoms with Gasteiger partial charge in [-0.3, -0.25) is 9.69 Å². The Balaban J connectivity index is 1.36. The zero-order valence-corrected chi connectivity index (χ0v) is 28.3. The normalized spacial score (nSPS) is 19.0. The van der Waals surface area contributed by atoms with E-state index in [2.05, 4.69) is 15.1 Å². The van der Waals surface area contributed by atoms with E-state index >= 15 is 0 Å². The lowest BCUT2D eigenvalue weighted by molar-refractivity contribution is 0.0927. The summed E-state index contributed by atoms with van der Waals surface area (Å²) >= 11 is 12.8.